The van der Waals surface area contributed by atoms with Crippen LogP contribution in [-0.4, -0.2) is 33.0 Å². The molecule has 4 nitrogen and oxygen atoms in total. The summed E-state index contributed by atoms with van der Waals surface area (Å²) in [4.78, 5) is 11.5. The predicted octanol–water partition coefficient (Wildman–Crippen LogP) is 1.55. The number of hydrogen-bond donors (Lipinski definition) is 0. The maximum absolute atomic E-state index is 12.2. The molecule has 2 rings (SSSR count). The average Bonchev–Trinajstić information content (AvgIpc) is 2.79. The molecule has 0 amide bonds. The fourth-order valence-corrected chi connectivity index (χ4v) is 4.48. The van der Waals surface area contributed by atoms with Crippen molar-refractivity contribution in [2.45, 2.75) is 24.8 Å². The van der Waals surface area contributed by atoms with Crippen LogP contribution in [0.3, 0.4) is 0 Å². The van der Waals surface area contributed by atoms with Crippen LogP contribution < -0.4 is 4.46 Å². The van der Waals surface area contributed by atoms with Gasteiger partial charge in [-0.15, -0.1) is 0 Å². The molecule has 5 heteroatoms. The summed E-state index contributed by atoms with van der Waals surface area (Å²) in [7, 11) is 1.35. The van der Waals surface area contributed by atoms with Crippen LogP contribution in [0.15, 0.2) is 41.7 Å². The summed E-state index contributed by atoms with van der Waals surface area (Å²) in [6.45, 7) is 1.74. The molecule has 1 aliphatic rings. The molecule has 0 saturated carbocycles. The molecular formula is C14H16O4Se. The minimum absolute atomic E-state index is 0.184. The molecule has 0 bridgehead atoms. The van der Waals surface area contributed by atoms with Gasteiger partial charge in [-0.3, -0.25) is 0 Å². The summed E-state index contributed by atoms with van der Waals surface area (Å²) in [6.07, 6.45) is 0.296. The second-order valence-corrected chi connectivity index (χ2v) is 7.43. The van der Waals surface area contributed by atoms with Gasteiger partial charge >= 0.3 is 116 Å². The Morgan fingerprint density at radius 3 is 2.74 bits per heavy atom. The molecule has 2 atom stereocenters. The van der Waals surface area contributed by atoms with E-state index in [-0.39, 0.29) is 12.1 Å². The number of methoxy groups -OCH3 is 1. The zero-order valence-electron chi connectivity index (χ0n) is 10.9. The molecule has 1 aliphatic heterocycles. The molecule has 0 aliphatic carbocycles. The molecule has 0 saturated heterocycles. The van der Waals surface area contributed by atoms with Crippen LogP contribution in [0, 0.1) is 0 Å². The fourth-order valence-electron chi connectivity index (χ4n) is 2.01. The number of carbonyl (C=O) groups is 1. The Balaban J connectivity index is 1.97. The van der Waals surface area contributed by atoms with Crippen molar-refractivity contribution in [1.82, 2.24) is 0 Å². The van der Waals surface area contributed by atoms with Gasteiger partial charge in [0.05, 0.1) is 0 Å². The third kappa shape index (κ3) is 3.31. The number of esters is 1. The molecule has 1 aromatic carbocycles. The Morgan fingerprint density at radius 2 is 2.11 bits per heavy atom. The van der Waals surface area contributed by atoms with Crippen LogP contribution in [0.25, 0.3) is 0 Å². The quantitative estimate of drug-likeness (QED) is 0.622. The Hall–Kier alpha value is -1.45. The van der Waals surface area contributed by atoms with Crippen molar-refractivity contribution in [2.75, 3.05) is 7.11 Å². The molecule has 1 heterocycles. The van der Waals surface area contributed by atoms with E-state index in [0.29, 0.717) is 23.1 Å². The van der Waals surface area contributed by atoms with E-state index in [1.165, 1.54) is 7.11 Å². The summed E-state index contributed by atoms with van der Waals surface area (Å²) < 4.78 is 23.4. The zero-order chi connectivity index (χ0) is 13.8. The fraction of sp³-hybridized carbons (Fsp3) is 0.357. The standard InChI is InChI=1S/C14H16O4Se/c1-10-13(14(15)17-2)8-11(18-10)9-19(16)12-6-4-3-5-7-12/h3-7,11H,8-9H2,1-2H3. The van der Waals surface area contributed by atoms with Gasteiger partial charge in [0.2, 0.25) is 0 Å². The number of rotatable bonds is 4. The Labute approximate surface area is 116 Å². The first-order valence-electron chi connectivity index (χ1n) is 6.00. The maximum atomic E-state index is 12.2. The van der Waals surface area contributed by atoms with Gasteiger partial charge in [-0.2, -0.15) is 0 Å². The number of allylic oxidation sites excluding steroid dienone is 1. The first-order valence-corrected chi connectivity index (χ1v) is 8.76. The van der Waals surface area contributed by atoms with Crippen LogP contribution in [0.1, 0.15) is 13.3 Å². The third-order valence-electron chi connectivity index (χ3n) is 2.98. The summed E-state index contributed by atoms with van der Waals surface area (Å²) in [5.74, 6) is 0.228. The van der Waals surface area contributed by atoms with Crippen LogP contribution in [0.5, 0.6) is 0 Å². The SMILES string of the molecule is COC(=O)C1=C(C)OC(C[Se](=O)c2ccccc2)C1. The second-order valence-electron chi connectivity index (χ2n) is 4.30. The van der Waals surface area contributed by atoms with Gasteiger partial charge in [-0.25, -0.2) is 0 Å². The van der Waals surface area contributed by atoms with Gasteiger partial charge in [0.1, 0.15) is 0 Å². The average molecular weight is 327 g/mol. The van der Waals surface area contributed by atoms with E-state index in [2.05, 4.69) is 0 Å². The van der Waals surface area contributed by atoms with Crippen molar-refractivity contribution >= 4 is 24.3 Å². The minimum atomic E-state index is -2.12. The topological polar surface area (TPSA) is 52.6 Å². The third-order valence-corrected chi connectivity index (χ3v) is 6.06. The van der Waals surface area contributed by atoms with E-state index in [0.717, 1.165) is 4.46 Å². The molecule has 0 aromatic heterocycles. The summed E-state index contributed by atoms with van der Waals surface area (Å²) in [5, 5.41) is 0.474. The summed E-state index contributed by atoms with van der Waals surface area (Å²) >= 11 is -2.12. The summed E-state index contributed by atoms with van der Waals surface area (Å²) in [6, 6.07) is 9.39. The molecular weight excluding hydrogens is 311 g/mol. The monoisotopic (exact) mass is 328 g/mol. The van der Waals surface area contributed by atoms with Gasteiger partial charge in [0, 0.05) is 0 Å². The van der Waals surface area contributed by atoms with Crippen LogP contribution >= 0.6 is 0 Å². The molecule has 0 radical (unpaired) electrons. The van der Waals surface area contributed by atoms with E-state index in [4.69, 9.17) is 9.47 Å². The van der Waals surface area contributed by atoms with Gasteiger partial charge in [0.15, 0.2) is 0 Å². The first-order chi connectivity index (χ1) is 9.11. The van der Waals surface area contributed by atoms with Gasteiger partial charge in [0.25, 0.3) is 0 Å². The summed E-state index contributed by atoms with van der Waals surface area (Å²) in [5.41, 5.74) is 0.555. The predicted molar refractivity (Wildman–Crippen MR) is 71.5 cm³/mol. The van der Waals surface area contributed by atoms with Crippen LogP contribution in [0.2, 0.25) is 5.32 Å². The van der Waals surface area contributed by atoms with Gasteiger partial charge in [-0.1, -0.05) is 0 Å². The van der Waals surface area contributed by atoms with Crippen LogP contribution in [-0.2, 0) is 18.1 Å². The number of hydrogen-bond acceptors (Lipinski definition) is 4. The first kappa shape index (κ1) is 14.0. The van der Waals surface area contributed by atoms with E-state index >= 15 is 0 Å². The molecule has 0 fully saturated rings. The van der Waals surface area contributed by atoms with Crippen molar-refractivity contribution in [3.05, 3.63) is 41.7 Å². The molecule has 0 N–H and O–H groups in total. The Kier molecular flexibility index (Phi) is 4.51. The van der Waals surface area contributed by atoms with Crippen molar-refractivity contribution in [2.24, 2.45) is 0 Å². The van der Waals surface area contributed by atoms with Gasteiger partial charge < -0.3 is 0 Å². The van der Waals surface area contributed by atoms with Crippen molar-refractivity contribution in [3.63, 3.8) is 0 Å². The van der Waals surface area contributed by atoms with Crippen molar-refractivity contribution < 1.29 is 18.1 Å². The number of carbonyl (C=O) groups excluding carboxylic acids is 1. The van der Waals surface area contributed by atoms with E-state index in [1.54, 1.807) is 6.92 Å². The molecule has 19 heavy (non-hydrogen) atoms. The van der Waals surface area contributed by atoms with Gasteiger partial charge in [-0.05, 0) is 0 Å². The zero-order valence-corrected chi connectivity index (χ0v) is 12.6. The van der Waals surface area contributed by atoms with Crippen LogP contribution in [0.4, 0.5) is 0 Å². The van der Waals surface area contributed by atoms with E-state index in [1.807, 2.05) is 30.3 Å². The number of ether oxygens (including phenoxy) is 2. The molecule has 102 valence electrons. The van der Waals surface area contributed by atoms with E-state index < -0.39 is 13.8 Å². The molecule has 2 unspecified atom stereocenters. The number of benzene rings is 1. The Bertz CT molecular complexity index is 522. The molecule has 1 aromatic rings. The van der Waals surface area contributed by atoms with Crippen molar-refractivity contribution in [3.8, 4) is 0 Å². The normalized spacial score (nSPS) is 20.0. The van der Waals surface area contributed by atoms with E-state index in [9.17, 15) is 8.63 Å². The van der Waals surface area contributed by atoms with Crippen molar-refractivity contribution in [1.29, 1.82) is 0 Å². The second kappa shape index (κ2) is 6.13. The molecule has 0 spiro atoms. The Morgan fingerprint density at radius 1 is 1.42 bits per heavy atom.